The van der Waals surface area contributed by atoms with Crippen LogP contribution in [0.5, 0.6) is 0 Å². The van der Waals surface area contributed by atoms with Gasteiger partial charge in [0, 0.05) is 24.3 Å². The van der Waals surface area contributed by atoms with E-state index in [-0.39, 0.29) is 11.9 Å². The molecule has 2 aromatic heterocycles. The van der Waals surface area contributed by atoms with Crippen LogP contribution in [-0.4, -0.2) is 21.0 Å². The molecule has 30 heavy (non-hydrogen) atoms. The molecule has 0 saturated heterocycles. The molecule has 0 aliphatic heterocycles. The summed E-state index contributed by atoms with van der Waals surface area (Å²) in [7, 11) is 0. The number of benzene rings is 1. The summed E-state index contributed by atoms with van der Waals surface area (Å²) in [5, 5.41) is 3.65. The van der Waals surface area contributed by atoms with E-state index in [1.54, 1.807) is 24.7 Å². The van der Waals surface area contributed by atoms with E-state index in [0.717, 1.165) is 42.5 Å². The van der Waals surface area contributed by atoms with Crippen LogP contribution in [0.4, 0.5) is 10.2 Å². The van der Waals surface area contributed by atoms with Crippen molar-refractivity contribution in [2.75, 3.05) is 5.32 Å². The third kappa shape index (κ3) is 4.59. The van der Waals surface area contributed by atoms with E-state index in [9.17, 15) is 4.39 Å². The zero-order chi connectivity index (χ0) is 21.1. The summed E-state index contributed by atoms with van der Waals surface area (Å²) in [4.78, 5) is 13.4. The first-order valence-electron chi connectivity index (χ1n) is 9.94. The molecule has 0 bridgehead atoms. The minimum Gasteiger partial charge on any atom is -0.365 e. The molecule has 3 aromatic rings. The highest BCUT2D eigenvalue weighted by Crippen LogP contribution is 2.36. The van der Waals surface area contributed by atoms with Crippen LogP contribution < -0.4 is 16.8 Å². The summed E-state index contributed by atoms with van der Waals surface area (Å²) >= 11 is 6.43. The number of nitrogens with zero attached hydrogens (tertiary/aromatic N) is 3. The molecule has 6 nitrogen and oxygen atoms in total. The lowest BCUT2D eigenvalue weighted by Gasteiger charge is -2.35. The fraction of sp³-hybridized carbons (Fsp3) is 0.318. The molecular formula is C22H24ClFN6. The van der Waals surface area contributed by atoms with Crippen molar-refractivity contribution in [3.63, 3.8) is 0 Å². The van der Waals surface area contributed by atoms with E-state index in [4.69, 9.17) is 23.1 Å². The quantitative estimate of drug-likeness (QED) is 0.569. The van der Waals surface area contributed by atoms with Gasteiger partial charge < -0.3 is 16.8 Å². The first-order valence-corrected chi connectivity index (χ1v) is 10.3. The van der Waals surface area contributed by atoms with Crippen LogP contribution in [-0.2, 0) is 12.1 Å². The van der Waals surface area contributed by atoms with Gasteiger partial charge in [-0.3, -0.25) is 9.97 Å². The van der Waals surface area contributed by atoms with Gasteiger partial charge in [-0.25, -0.2) is 9.37 Å². The molecule has 5 N–H and O–H groups in total. The van der Waals surface area contributed by atoms with Crippen molar-refractivity contribution in [3.05, 3.63) is 71.0 Å². The van der Waals surface area contributed by atoms with E-state index < -0.39 is 5.54 Å². The standard InChI is InChI=1S/C22H24ClFN6/c23-18-11-28-20(22(26)6-4-16(25)5-7-22)9-17(18)19-12-27-13-21(30-19)29-10-14-2-1-3-15(24)8-14/h1-3,8-9,11-13,16H,4-7,10,25-26H2,(H,29,30). The van der Waals surface area contributed by atoms with Crippen LogP contribution in [0.15, 0.2) is 48.9 Å². The number of hydrogen-bond acceptors (Lipinski definition) is 6. The van der Waals surface area contributed by atoms with E-state index in [0.29, 0.717) is 23.1 Å². The second-order valence-electron chi connectivity index (χ2n) is 7.82. The summed E-state index contributed by atoms with van der Waals surface area (Å²) < 4.78 is 13.4. The number of hydrogen-bond donors (Lipinski definition) is 3. The van der Waals surface area contributed by atoms with Gasteiger partial charge in [-0.1, -0.05) is 23.7 Å². The Morgan fingerprint density at radius 1 is 1.17 bits per heavy atom. The maximum absolute atomic E-state index is 13.4. The topological polar surface area (TPSA) is 103 Å². The predicted octanol–water partition coefficient (Wildman–Crippen LogP) is 4.00. The first kappa shape index (κ1) is 20.7. The lowest BCUT2D eigenvalue weighted by Crippen LogP contribution is -2.44. The summed E-state index contributed by atoms with van der Waals surface area (Å²) in [6, 6.07) is 8.51. The average Bonchev–Trinajstić information content (AvgIpc) is 2.75. The number of nitrogens with one attached hydrogen (secondary N) is 1. The Labute approximate surface area is 179 Å². The van der Waals surface area contributed by atoms with Crippen molar-refractivity contribution in [3.8, 4) is 11.3 Å². The van der Waals surface area contributed by atoms with Crippen LogP contribution in [0.3, 0.4) is 0 Å². The molecule has 4 rings (SSSR count). The van der Waals surface area contributed by atoms with E-state index in [1.807, 2.05) is 12.1 Å². The summed E-state index contributed by atoms with van der Waals surface area (Å²) in [6.07, 6.45) is 8.19. The first-order chi connectivity index (χ1) is 14.4. The van der Waals surface area contributed by atoms with Gasteiger partial charge in [0.15, 0.2) is 0 Å². The molecule has 0 atom stereocenters. The van der Waals surface area contributed by atoms with Gasteiger partial charge >= 0.3 is 0 Å². The smallest absolute Gasteiger partial charge is 0.145 e. The van der Waals surface area contributed by atoms with E-state index >= 15 is 0 Å². The zero-order valence-corrected chi connectivity index (χ0v) is 17.2. The maximum Gasteiger partial charge on any atom is 0.145 e. The molecule has 0 amide bonds. The lowest BCUT2D eigenvalue weighted by molar-refractivity contribution is 0.271. The molecule has 156 valence electrons. The van der Waals surface area contributed by atoms with Crippen molar-refractivity contribution in [2.45, 2.75) is 43.8 Å². The van der Waals surface area contributed by atoms with E-state index in [2.05, 4.69) is 20.3 Å². The number of nitrogens with two attached hydrogens (primary N) is 2. The van der Waals surface area contributed by atoms with Crippen molar-refractivity contribution in [1.29, 1.82) is 0 Å². The van der Waals surface area contributed by atoms with Crippen LogP contribution in [0.1, 0.15) is 36.9 Å². The Kier molecular flexibility index (Phi) is 5.94. The van der Waals surface area contributed by atoms with Gasteiger partial charge in [0.1, 0.15) is 11.6 Å². The third-order valence-corrected chi connectivity index (χ3v) is 5.86. The Hall–Kier alpha value is -2.61. The zero-order valence-electron chi connectivity index (χ0n) is 16.5. The summed E-state index contributed by atoms with van der Waals surface area (Å²) in [5.74, 6) is 0.293. The molecule has 1 aliphatic carbocycles. The SMILES string of the molecule is NC1CCC(N)(c2cc(-c3cncc(NCc4cccc(F)c4)n3)c(Cl)cn2)CC1. The minimum atomic E-state index is -0.518. The second kappa shape index (κ2) is 8.63. The molecule has 2 heterocycles. The molecule has 1 aliphatic rings. The molecule has 8 heteroatoms. The lowest BCUT2D eigenvalue weighted by atomic mass is 9.78. The van der Waals surface area contributed by atoms with Crippen molar-refractivity contribution >= 4 is 17.4 Å². The molecule has 0 radical (unpaired) electrons. The van der Waals surface area contributed by atoms with Crippen LogP contribution in [0.2, 0.25) is 5.02 Å². The highest BCUT2D eigenvalue weighted by Gasteiger charge is 2.34. The third-order valence-electron chi connectivity index (χ3n) is 5.56. The largest absolute Gasteiger partial charge is 0.365 e. The van der Waals surface area contributed by atoms with Crippen LogP contribution >= 0.6 is 11.6 Å². The van der Waals surface area contributed by atoms with Crippen LogP contribution in [0.25, 0.3) is 11.3 Å². The van der Waals surface area contributed by atoms with Gasteiger partial charge in [0.25, 0.3) is 0 Å². The van der Waals surface area contributed by atoms with Gasteiger partial charge in [-0.2, -0.15) is 0 Å². The summed E-state index contributed by atoms with van der Waals surface area (Å²) in [6.45, 7) is 0.428. The molecule has 0 spiro atoms. The fourth-order valence-corrected chi connectivity index (χ4v) is 3.94. The highest BCUT2D eigenvalue weighted by atomic mass is 35.5. The van der Waals surface area contributed by atoms with Gasteiger partial charge in [-0.15, -0.1) is 0 Å². The molecule has 1 fully saturated rings. The average molecular weight is 427 g/mol. The molecule has 1 aromatic carbocycles. The second-order valence-corrected chi connectivity index (χ2v) is 8.22. The maximum atomic E-state index is 13.4. The normalized spacial score (nSPS) is 21.4. The Morgan fingerprint density at radius 3 is 2.73 bits per heavy atom. The Balaban J connectivity index is 1.57. The predicted molar refractivity (Wildman–Crippen MR) is 116 cm³/mol. The number of pyridine rings is 1. The Bertz CT molecular complexity index is 1040. The number of halogens is 2. The monoisotopic (exact) mass is 426 g/mol. The fourth-order valence-electron chi connectivity index (χ4n) is 3.74. The molecule has 0 unspecified atom stereocenters. The molecular weight excluding hydrogens is 403 g/mol. The number of aromatic nitrogens is 3. The van der Waals surface area contributed by atoms with Gasteiger partial charge in [-0.05, 0) is 49.4 Å². The summed E-state index contributed by atoms with van der Waals surface area (Å²) in [5.41, 5.74) is 15.1. The highest BCUT2D eigenvalue weighted by molar-refractivity contribution is 6.33. The van der Waals surface area contributed by atoms with Gasteiger partial charge in [0.05, 0.1) is 34.3 Å². The van der Waals surface area contributed by atoms with E-state index in [1.165, 1.54) is 12.1 Å². The van der Waals surface area contributed by atoms with Crippen molar-refractivity contribution < 1.29 is 4.39 Å². The van der Waals surface area contributed by atoms with Gasteiger partial charge in [0.2, 0.25) is 0 Å². The number of anilines is 1. The van der Waals surface area contributed by atoms with Crippen LogP contribution in [0, 0.1) is 5.82 Å². The minimum absolute atomic E-state index is 0.195. The molecule has 1 saturated carbocycles. The van der Waals surface area contributed by atoms with Crippen molar-refractivity contribution in [1.82, 2.24) is 15.0 Å². The Morgan fingerprint density at radius 2 is 1.97 bits per heavy atom. The van der Waals surface area contributed by atoms with Crippen molar-refractivity contribution in [2.24, 2.45) is 11.5 Å². The number of rotatable bonds is 5.